The summed E-state index contributed by atoms with van der Waals surface area (Å²) in [5.74, 6) is 0.938. The molecule has 0 N–H and O–H groups in total. The van der Waals surface area contributed by atoms with E-state index in [4.69, 9.17) is 4.74 Å². The van der Waals surface area contributed by atoms with E-state index in [1.54, 1.807) is 13.3 Å². The fraction of sp³-hybridized carbons (Fsp3) is 1.00. The minimum atomic E-state index is -1.95. The SMILES string of the molecule is CCC[CH2][Sn]([CH2]CCC)([CH2]CCC)[CH2]OCC1CC1. The minimum absolute atomic E-state index is 0.938. The zero-order chi connectivity index (χ0) is 14.0. The average molecular weight is 375 g/mol. The Morgan fingerprint density at radius 1 is 0.842 bits per heavy atom. The zero-order valence-electron chi connectivity index (χ0n) is 13.7. The maximum absolute atomic E-state index is 6.21. The van der Waals surface area contributed by atoms with Crippen molar-refractivity contribution in [1.82, 2.24) is 0 Å². The van der Waals surface area contributed by atoms with Crippen LogP contribution in [0.2, 0.25) is 13.3 Å². The molecule has 0 radical (unpaired) electrons. The molecule has 0 atom stereocenters. The van der Waals surface area contributed by atoms with E-state index >= 15 is 0 Å². The summed E-state index contributed by atoms with van der Waals surface area (Å²) in [6.07, 6.45) is 11.4. The molecule has 0 bridgehead atoms. The zero-order valence-corrected chi connectivity index (χ0v) is 16.5. The second kappa shape index (κ2) is 10.5. The molecule has 1 saturated carbocycles. The Morgan fingerprint density at radius 2 is 1.32 bits per heavy atom. The van der Waals surface area contributed by atoms with Gasteiger partial charge in [-0.15, -0.1) is 0 Å². The van der Waals surface area contributed by atoms with Crippen molar-refractivity contribution in [2.24, 2.45) is 5.92 Å². The van der Waals surface area contributed by atoms with Gasteiger partial charge in [0.1, 0.15) is 0 Å². The van der Waals surface area contributed by atoms with Crippen molar-refractivity contribution in [2.45, 2.75) is 85.4 Å². The molecule has 1 fully saturated rings. The summed E-state index contributed by atoms with van der Waals surface area (Å²) in [7, 11) is 0. The monoisotopic (exact) mass is 376 g/mol. The van der Waals surface area contributed by atoms with E-state index in [-0.39, 0.29) is 0 Å². The van der Waals surface area contributed by atoms with Gasteiger partial charge in [-0.3, -0.25) is 0 Å². The van der Waals surface area contributed by atoms with E-state index in [1.165, 1.54) is 56.0 Å². The summed E-state index contributed by atoms with van der Waals surface area (Å²) in [5, 5.41) is 0. The van der Waals surface area contributed by atoms with Gasteiger partial charge in [-0.1, -0.05) is 0 Å². The van der Waals surface area contributed by atoms with E-state index in [0.29, 0.717) is 0 Å². The Bertz CT molecular complexity index is 192. The Kier molecular flexibility index (Phi) is 9.82. The summed E-state index contributed by atoms with van der Waals surface area (Å²) in [6.45, 7) is 8.13. The van der Waals surface area contributed by atoms with Gasteiger partial charge >= 0.3 is 126 Å². The van der Waals surface area contributed by atoms with Gasteiger partial charge in [0.15, 0.2) is 0 Å². The number of ether oxygens (including phenoxy) is 1. The molecular weight excluding hydrogens is 339 g/mol. The van der Waals surface area contributed by atoms with Gasteiger partial charge < -0.3 is 0 Å². The van der Waals surface area contributed by atoms with Crippen molar-refractivity contribution in [1.29, 1.82) is 0 Å². The van der Waals surface area contributed by atoms with Crippen LogP contribution in [-0.4, -0.2) is 29.6 Å². The molecule has 0 saturated heterocycles. The molecule has 1 nitrogen and oxygen atoms in total. The van der Waals surface area contributed by atoms with Crippen molar-refractivity contribution in [3.63, 3.8) is 0 Å². The quantitative estimate of drug-likeness (QED) is 0.370. The standard InChI is InChI=1S/C5H9O.3C4H9.Sn/c1-6-4-5-2-3-5;3*1-3-4-2;/h5H,1-4H2;3*1,3-4H2,2H3;. The molecule has 0 aromatic rings. The van der Waals surface area contributed by atoms with Crippen molar-refractivity contribution >= 4 is 18.4 Å². The second-order valence-electron chi connectivity index (χ2n) is 6.77. The van der Waals surface area contributed by atoms with Gasteiger partial charge in [0.2, 0.25) is 0 Å². The molecule has 1 aliphatic carbocycles. The summed E-state index contributed by atoms with van der Waals surface area (Å²) in [5.41, 5.74) is 0. The van der Waals surface area contributed by atoms with Crippen LogP contribution in [0.4, 0.5) is 0 Å². The first-order valence-corrected chi connectivity index (χ1v) is 16.9. The predicted octanol–water partition coefficient (Wildman–Crippen LogP) is 5.80. The number of hydrogen-bond donors (Lipinski definition) is 0. The van der Waals surface area contributed by atoms with E-state index in [0.717, 1.165) is 12.5 Å². The molecule has 2 heteroatoms. The van der Waals surface area contributed by atoms with Gasteiger partial charge in [0.05, 0.1) is 0 Å². The maximum atomic E-state index is 6.21. The average Bonchev–Trinajstić information content (AvgIpc) is 3.24. The summed E-state index contributed by atoms with van der Waals surface area (Å²) in [6, 6.07) is 0. The van der Waals surface area contributed by atoms with E-state index < -0.39 is 18.4 Å². The second-order valence-corrected chi connectivity index (χ2v) is 20.4. The fourth-order valence-corrected chi connectivity index (χ4v) is 17.4. The van der Waals surface area contributed by atoms with Crippen molar-refractivity contribution in [2.75, 3.05) is 11.2 Å². The van der Waals surface area contributed by atoms with Gasteiger partial charge in [0, 0.05) is 0 Å². The number of rotatable bonds is 13. The molecule has 114 valence electrons. The first kappa shape index (κ1) is 17.8. The van der Waals surface area contributed by atoms with Crippen LogP contribution in [0.25, 0.3) is 0 Å². The topological polar surface area (TPSA) is 9.23 Å². The van der Waals surface area contributed by atoms with E-state index in [2.05, 4.69) is 20.8 Å². The van der Waals surface area contributed by atoms with Gasteiger partial charge in [0.25, 0.3) is 0 Å². The normalized spacial score (nSPS) is 15.9. The third kappa shape index (κ3) is 7.94. The molecule has 0 spiro atoms. The van der Waals surface area contributed by atoms with Crippen LogP contribution in [0.3, 0.4) is 0 Å². The Morgan fingerprint density at radius 3 is 1.68 bits per heavy atom. The molecule has 0 aromatic heterocycles. The fourth-order valence-electron chi connectivity index (χ4n) is 2.97. The third-order valence-electron chi connectivity index (χ3n) is 4.64. The van der Waals surface area contributed by atoms with Crippen molar-refractivity contribution in [3.05, 3.63) is 0 Å². The van der Waals surface area contributed by atoms with E-state index in [9.17, 15) is 0 Å². The molecule has 0 unspecified atom stereocenters. The van der Waals surface area contributed by atoms with Crippen molar-refractivity contribution < 1.29 is 4.74 Å². The molecule has 0 aromatic carbocycles. The summed E-state index contributed by atoms with van der Waals surface area (Å²) in [4.78, 5) is 0. The number of unbranched alkanes of at least 4 members (excludes halogenated alkanes) is 3. The summed E-state index contributed by atoms with van der Waals surface area (Å²) < 4.78 is 12.2. The molecule has 19 heavy (non-hydrogen) atoms. The molecule has 0 amide bonds. The van der Waals surface area contributed by atoms with Crippen LogP contribution in [0.15, 0.2) is 0 Å². The van der Waals surface area contributed by atoms with Crippen LogP contribution in [0.5, 0.6) is 0 Å². The first-order chi connectivity index (χ1) is 9.26. The first-order valence-electron chi connectivity index (χ1n) is 8.84. The molecule has 1 rings (SSSR count). The van der Waals surface area contributed by atoms with E-state index in [1.807, 2.05) is 0 Å². The van der Waals surface area contributed by atoms with Crippen molar-refractivity contribution in [3.8, 4) is 0 Å². The molecule has 1 aliphatic rings. The van der Waals surface area contributed by atoms with Gasteiger partial charge in [-0.25, -0.2) is 0 Å². The van der Waals surface area contributed by atoms with Crippen LogP contribution in [0.1, 0.15) is 72.1 Å². The van der Waals surface area contributed by atoms with Gasteiger partial charge in [-0.2, -0.15) is 0 Å². The Hall–Kier alpha value is 0.759. The van der Waals surface area contributed by atoms with Gasteiger partial charge in [-0.05, 0) is 0 Å². The predicted molar refractivity (Wildman–Crippen MR) is 88.4 cm³/mol. The molecular formula is C17H36OSn. The Balaban J connectivity index is 2.45. The van der Waals surface area contributed by atoms with Crippen LogP contribution >= 0.6 is 0 Å². The Labute approximate surface area is 125 Å². The number of hydrogen-bond acceptors (Lipinski definition) is 1. The third-order valence-corrected chi connectivity index (χ3v) is 19.1. The van der Waals surface area contributed by atoms with Crippen LogP contribution < -0.4 is 0 Å². The van der Waals surface area contributed by atoms with Crippen LogP contribution in [-0.2, 0) is 4.74 Å². The van der Waals surface area contributed by atoms with Crippen LogP contribution in [0, 0.1) is 5.92 Å². The molecule has 0 heterocycles. The molecule has 0 aliphatic heterocycles. The summed E-state index contributed by atoms with van der Waals surface area (Å²) >= 11 is -1.95.